The summed E-state index contributed by atoms with van der Waals surface area (Å²) in [6.45, 7) is 1.47. The number of sulfone groups is 1. The first-order valence-corrected chi connectivity index (χ1v) is 11.0. The molecule has 0 saturated carbocycles. The van der Waals surface area contributed by atoms with Crippen LogP contribution in [0.4, 0.5) is 5.13 Å². The molecule has 2 aromatic heterocycles. The van der Waals surface area contributed by atoms with E-state index in [2.05, 4.69) is 14.7 Å². The Labute approximate surface area is 175 Å². The summed E-state index contributed by atoms with van der Waals surface area (Å²) in [7, 11) is -3.58. The molecule has 29 heavy (non-hydrogen) atoms. The Morgan fingerprint density at radius 2 is 2.03 bits per heavy atom. The van der Waals surface area contributed by atoms with E-state index in [9.17, 15) is 18.5 Å². The number of halogens is 1. The normalized spacial score (nSPS) is 11.8. The number of nitriles is 1. The van der Waals surface area contributed by atoms with Crippen molar-refractivity contribution in [3.8, 4) is 17.4 Å². The van der Waals surface area contributed by atoms with Gasteiger partial charge in [0.05, 0.1) is 5.75 Å². The van der Waals surface area contributed by atoms with E-state index in [1.54, 1.807) is 42.5 Å². The maximum absolute atomic E-state index is 12.3. The van der Waals surface area contributed by atoms with E-state index in [4.69, 9.17) is 16.0 Å². The van der Waals surface area contributed by atoms with Gasteiger partial charge < -0.3 is 4.42 Å². The van der Waals surface area contributed by atoms with Crippen LogP contribution < -0.4 is 5.32 Å². The van der Waals surface area contributed by atoms with Crippen molar-refractivity contribution in [2.24, 2.45) is 0 Å². The molecule has 0 bridgehead atoms. The predicted octanol–water partition coefficient (Wildman–Crippen LogP) is 3.79. The fourth-order valence-electron chi connectivity index (χ4n) is 2.17. The SMILES string of the molecule is CCS(=O)(=O)c1nsc(NC(=O)/C(C#N)=C\c2ccc(-c3ccc(Cl)cc3)o2)n1. The number of aromatic nitrogens is 2. The lowest BCUT2D eigenvalue weighted by atomic mass is 10.2. The minimum atomic E-state index is -3.58. The van der Waals surface area contributed by atoms with Crippen molar-refractivity contribution in [2.45, 2.75) is 12.1 Å². The van der Waals surface area contributed by atoms with Gasteiger partial charge in [0.15, 0.2) is 0 Å². The Bertz CT molecular complexity index is 1220. The molecular formula is C18H13ClN4O4S2. The fraction of sp³-hybridized carbons (Fsp3) is 0.111. The van der Waals surface area contributed by atoms with E-state index in [-0.39, 0.29) is 21.6 Å². The summed E-state index contributed by atoms with van der Waals surface area (Å²) in [5, 5.41) is 11.9. The number of anilines is 1. The monoisotopic (exact) mass is 448 g/mol. The van der Waals surface area contributed by atoms with E-state index >= 15 is 0 Å². The van der Waals surface area contributed by atoms with Gasteiger partial charge in [-0.3, -0.25) is 10.1 Å². The van der Waals surface area contributed by atoms with E-state index in [1.165, 1.54) is 13.0 Å². The molecule has 148 valence electrons. The summed E-state index contributed by atoms with van der Waals surface area (Å²) in [6, 6.07) is 12.1. The van der Waals surface area contributed by atoms with Crippen LogP contribution in [0.15, 0.2) is 51.5 Å². The molecule has 0 fully saturated rings. The number of furan rings is 1. The maximum Gasteiger partial charge on any atom is 0.268 e. The van der Waals surface area contributed by atoms with Gasteiger partial charge in [-0.25, -0.2) is 8.42 Å². The van der Waals surface area contributed by atoms with Crippen LogP contribution in [0.1, 0.15) is 12.7 Å². The van der Waals surface area contributed by atoms with Crippen LogP contribution in [0.2, 0.25) is 5.02 Å². The second-order valence-electron chi connectivity index (χ2n) is 5.62. The molecule has 0 saturated heterocycles. The molecule has 2 heterocycles. The van der Waals surface area contributed by atoms with Crippen molar-refractivity contribution in [1.82, 2.24) is 9.36 Å². The quantitative estimate of drug-likeness (QED) is 0.449. The number of nitrogens with one attached hydrogen (secondary N) is 1. The Kier molecular flexibility index (Phi) is 6.12. The van der Waals surface area contributed by atoms with Gasteiger partial charge in [0.25, 0.3) is 11.1 Å². The third kappa shape index (κ3) is 4.89. The Morgan fingerprint density at radius 3 is 2.69 bits per heavy atom. The molecule has 1 aromatic carbocycles. The number of nitrogens with zero attached hydrogens (tertiary/aromatic N) is 3. The smallest absolute Gasteiger partial charge is 0.268 e. The van der Waals surface area contributed by atoms with Gasteiger partial charge in [0, 0.05) is 28.2 Å². The van der Waals surface area contributed by atoms with Crippen LogP contribution in [0.5, 0.6) is 0 Å². The molecule has 1 amide bonds. The minimum Gasteiger partial charge on any atom is -0.457 e. The molecule has 0 spiro atoms. The second-order valence-corrected chi connectivity index (χ2v) is 8.98. The standard InChI is InChI=1S/C18H13ClN4O4S2/c1-2-29(25,26)18-22-17(28-23-18)21-16(24)12(10-20)9-14-7-8-15(27-14)11-3-5-13(19)6-4-11/h3-9H,2H2,1H3,(H,21,22,23,24)/b12-9-. The number of hydrogen-bond acceptors (Lipinski definition) is 8. The number of carbonyl (C=O) groups is 1. The van der Waals surface area contributed by atoms with Crippen molar-refractivity contribution >= 4 is 50.1 Å². The average molecular weight is 449 g/mol. The van der Waals surface area contributed by atoms with Crippen molar-refractivity contribution in [2.75, 3.05) is 11.1 Å². The summed E-state index contributed by atoms with van der Waals surface area (Å²) < 4.78 is 32.9. The number of carbonyl (C=O) groups excluding carboxylic acids is 1. The van der Waals surface area contributed by atoms with E-state index < -0.39 is 15.7 Å². The molecule has 0 radical (unpaired) electrons. The van der Waals surface area contributed by atoms with Gasteiger partial charge in [-0.05, 0) is 36.4 Å². The predicted molar refractivity (Wildman–Crippen MR) is 109 cm³/mol. The lowest BCUT2D eigenvalue weighted by Gasteiger charge is -1.99. The number of hydrogen-bond donors (Lipinski definition) is 1. The summed E-state index contributed by atoms with van der Waals surface area (Å²) in [5.41, 5.74) is 0.549. The topological polar surface area (TPSA) is 126 Å². The summed E-state index contributed by atoms with van der Waals surface area (Å²) >= 11 is 6.58. The molecular weight excluding hydrogens is 436 g/mol. The van der Waals surface area contributed by atoms with Crippen LogP contribution >= 0.6 is 23.1 Å². The van der Waals surface area contributed by atoms with Crippen LogP contribution in [0.3, 0.4) is 0 Å². The molecule has 0 aliphatic heterocycles. The summed E-state index contributed by atoms with van der Waals surface area (Å²) in [6.07, 6.45) is 1.28. The zero-order valence-electron chi connectivity index (χ0n) is 14.9. The minimum absolute atomic E-state index is 0.0236. The highest BCUT2D eigenvalue weighted by Gasteiger charge is 2.20. The first kappa shape index (κ1) is 20.7. The van der Waals surface area contributed by atoms with Crippen LogP contribution in [-0.2, 0) is 14.6 Å². The first-order chi connectivity index (χ1) is 13.8. The number of rotatable bonds is 6. The van der Waals surface area contributed by atoms with Crippen molar-refractivity contribution in [1.29, 1.82) is 5.26 Å². The Hall–Kier alpha value is -3.00. The third-order valence-electron chi connectivity index (χ3n) is 3.69. The molecule has 1 N–H and O–H groups in total. The van der Waals surface area contributed by atoms with Crippen LogP contribution in [0.25, 0.3) is 17.4 Å². The second kappa shape index (κ2) is 8.57. The van der Waals surface area contributed by atoms with Crippen molar-refractivity contribution in [3.63, 3.8) is 0 Å². The zero-order valence-corrected chi connectivity index (χ0v) is 17.3. The van der Waals surface area contributed by atoms with Gasteiger partial charge in [0.2, 0.25) is 15.0 Å². The fourth-order valence-corrected chi connectivity index (χ4v) is 3.88. The van der Waals surface area contributed by atoms with E-state index in [0.29, 0.717) is 28.1 Å². The van der Waals surface area contributed by atoms with Gasteiger partial charge in [0.1, 0.15) is 23.2 Å². The van der Waals surface area contributed by atoms with E-state index in [1.807, 2.05) is 0 Å². The van der Waals surface area contributed by atoms with Gasteiger partial charge in [-0.2, -0.15) is 14.6 Å². The summed E-state index contributed by atoms with van der Waals surface area (Å²) in [5.74, 6) is -0.0691. The highest BCUT2D eigenvalue weighted by molar-refractivity contribution is 7.91. The van der Waals surface area contributed by atoms with Crippen LogP contribution in [-0.4, -0.2) is 29.4 Å². The molecule has 0 atom stereocenters. The highest BCUT2D eigenvalue weighted by Crippen LogP contribution is 2.25. The van der Waals surface area contributed by atoms with Gasteiger partial charge >= 0.3 is 0 Å². The number of benzene rings is 1. The third-order valence-corrected chi connectivity index (χ3v) is 6.19. The molecule has 3 aromatic rings. The molecule has 0 aliphatic carbocycles. The van der Waals surface area contributed by atoms with Crippen molar-refractivity contribution < 1.29 is 17.6 Å². The maximum atomic E-state index is 12.3. The van der Waals surface area contributed by atoms with E-state index in [0.717, 1.165) is 5.56 Å². The number of amides is 1. The first-order valence-electron chi connectivity index (χ1n) is 8.18. The lowest BCUT2D eigenvalue weighted by Crippen LogP contribution is -2.13. The Morgan fingerprint density at radius 1 is 1.31 bits per heavy atom. The Balaban J connectivity index is 1.77. The zero-order chi connectivity index (χ0) is 21.0. The lowest BCUT2D eigenvalue weighted by molar-refractivity contribution is -0.112. The van der Waals surface area contributed by atoms with Crippen molar-refractivity contribution in [3.05, 3.63) is 52.8 Å². The largest absolute Gasteiger partial charge is 0.457 e. The molecule has 11 heteroatoms. The molecule has 3 rings (SSSR count). The molecule has 0 aliphatic rings. The summed E-state index contributed by atoms with van der Waals surface area (Å²) in [4.78, 5) is 16.1. The van der Waals surface area contributed by atoms with Gasteiger partial charge in [-0.15, -0.1) is 0 Å². The van der Waals surface area contributed by atoms with Crippen LogP contribution in [0, 0.1) is 11.3 Å². The highest BCUT2D eigenvalue weighted by atomic mass is 35.5. The molecule has 0 unspecified atom stereocenters. The van der Waals surface area contributed by atoms with Gasteiger partial charge in [-0.1, -0.05) is 18.5 Å². The molecule has 8 nitrogen and oxygen atoms in total. The average Bonchev–Trinajstić information content (AvgIpc) is 3.36.